The van der Waals surface area contributed by atoms with Gasteiger partial charge in [0, 0.05) is 11.8 Å². The lowest BCUT2D eigenvalue weighted by molar-refractivity contribution is -0.136. The molecule has 0 atom stereocenters. The van der Waals surface area contributed by atoms with Gasteiger partial charge in [-0.25, -0.2) is 0 Å². The van der Waals surface area contributed by atoms with Gasteiger partial charge in [-0.15, -0.1) is 0 Å². The lowest BCUT2D eigenvalue weighted by atomic mass is 10.1. The molecule has 14 heavy (non-hydrogen) atoms. The Bertz CT molecular complexity index is 464. The van der Waals surface area contributed by atoms with Crippen LogP contribution < -0.4 is 0 Å². The summed E-state index contributed by atoms with van der Waals surface area (Å²) < 4.78 is 5.36. The van der Waals surface area contributed by atoms with E-state index in [-0.39, 0.29) is 6.42 Å². The number of hydrogen-bond acceptors (Lipinski definition) is 3. The van der Waals surface area contributed by atoms with Crippen LogP contribution in [0.5, 0.6) is 0 Å². The quantitative estimate of drug-likeness (QED) is 0.840. The van der Waals surface area contributed by atoms with Crippen LogP contribution in [-0.4, -0.2) is 15.4 Å². The van der Waals surface area contributed by atoms with Crippen molar-refractivity contribution in [2.75, 3.05) is 0 Å². The van der Waals surface area contributed by atoms with Gasteiger partial charge in [0.25, 0.3) is 0 Å². The largest absolute Gasteiger partial charge is 0.481 e. The lowest BCUT2D eigenvalue weighted by Gasteiger charge is -1.93. The summed E-state index contributed by atoms with van der Waals surface area (Å²) in [7, 11) is 0. The van der Waals surface area contributed by atoms with Gasteiger partial charge in [0.05, 0.1) is 16.8 Å². The van der Waals surface area contributed by atoms with Crippen LogP contribution in [0.25, 0.3) is 10.1 Å². The fourth-order valence-electron chi connectivity index (χ4n) is 1.34. The van der Waals surface area contributed by atoms with Crippen molar-refractivity contribution >= 4 is 27.6 Å². The van der Waals surface area contributed by atoms with Crippen molar-refractivity contribution < 1.29 is 9.90 Å². The summed E-state index contributed by atoms with van der Waals surface area (Å²) in [6.07, 6.45) is 0.660. The molecule has 0 saturated carbocycles. The van der Waals surface area contributed by atoms with E-state index in [1.54, 1.807) is 0 Å². The van der Waals surface area contributed by atoms with Crippen LogP contribution in [0.15, 0.2) is 24.3 Å². The van der Waals surface area contributed by atoms with Gasteiger partial charge >= 0.3 is 5.97 Å². The smallest absolute Gasteiger partial charge is 0.303 e. The number of carboxylic acids is 1. The summed E-state index contributed by atoms with van der Waals surface area (Å²) in [6.45, 7) is 0. The molecule has 4 heteroatoms. The minimum Gasteiger partial charge on any atom is -0.481 e. The Kier molecular flexibility index (Phi) is 2.45. The van der Waals surface area contributed by atoms with Gasteiger partial charge < -0.3 is 5.11 Å². The summed E-state index contributed by atoms with van der Waals surface area (Å²) in [5, 5.41) is 9.64. The van der Waals surface area contributed by atoms with Gasteiger partial charge in [0.1, 0.15) is 0 Å². The van der Waals surface area contributed by atoms with Crippen molar-refractivity contribution in [3.63, 3.8) is 0 Å². The molecule has 72 valence electrons. The third kappa shape index (κ3) is 1.75. The Morgan fingerprint density at radius 3 is 3.00 bits per heavy atom. The second-order valence-electron chi connectivity index (χ2n) is 3.02. The number of fused-ring (bicyclic) bond motifs is 1. The fraction of sp³-hybridized carbons (Fsp3) is 0.200. The molecule has 2 rings (SSSR count). The molecule has 0 aliphatic rings. The highest BCUT2D eigenvalue weighted by Crippen LogP contribution is 2.22. The first-order valence-electron chi connectivity index (χ1n) is 4.32. The average molecular weight is 207 g/mol. The first-order chi connectivity index (χ1) is 6.77. The third-order valence-electron chi connectivity index (χ3n) is 2.03. The molecule has 0 aliphatic carbocycles. The monoisotopic (exact) mass is 207 g/mol. The fourth-order valence-corrected chi connectivity index (χ4v) is 2.17. The first kappa shape index (κ1) is 9.15. The predicted octanol–water partition coefficient (Wildman–Crippen LogP) is 2.31. The maximum absolute atomic E-state index is 10.4. The number of hydrogen-bond donors (Lipinski definition) is 1. The highest BCUT2D eigenvalue weighted by atomic mass is 32.1. The Morgan fingerprint density at radius 1 is 1.43 bits per heavy atom. The van der Waals surface area contributed by atoms with Crippen LogP contribution in [-0.2, 0) is 11.2 Å². The summed E-state index contributed by atoms with van der Waals surface area (Å²) in [5.41, 5.74) is 0.896. The van der Waals surface area contributed by atoms with Crippen LogP contribution >= 0.6 is 11.5 Å². The minimum atomic E-state index is -0.776. The molecule has 0 radical (unpaired) electrons. The summed E-state index contributed by atoms with van der Waals surface area (Å²) in [6, 6.07) is 7.88. The Labute approximate surface area is 85.2 Å². The molecule has 0 unspecified atom stereocenters. The molecule has 3 nitrogen and oxygen atoms in total. The van der Waals surface area contributed by atoms with E-state index in [4.69, 9.17) is 5.11 Å². The normalized spacial score (nSPS) is 10.6. The second kappa shape index (κ2) is 3.75. The van der Waals surface area contributed by atoms with E-state index >= 15 is 0 Å². The van der Waals surface area contributed by atoms with Gasteiger partial charge in [-0.3, -0.25) is 4.79 Å². The molecule has 0 spiro atoms. The predicted molar refractivity (Wildman–Crippen MR) is 55.6 cm³/mol. The van der Waals surface area contributed by atoms with Crippen LogP contribution in [0.3, 0.4) is 0 Å². The van der Waals surface area contributed by atoms with Gasteiger partial charge in [0.15, 0.2) is 0 Å². The van der Waals surface area contributed by atoms with Crippen molar-refractivity contribution in [2.45, 2.75) is 12.8 Å². The maximum Gasteiger partial charge on any atom is 0.303 e. The molecule has 2 aromatic rings. The number of aliphatic carboxylic acids is 1. The summed E-state index contributed by atoms with van der Waals surface area (Å²) in [4.78, 5) is 10.4. The van der Waals surface area contributed by atoms with Crippen LogP contribution in [0.2, 0.25) is 0 Å². The molecular weight excluding hydrogens is 198 g/mol. The molecule has 0 aliphatic heterocycles. The number of aryl methyl sites for hydroxylation is 1. The second-order valence-corrected chi connectivity index (χ2v) is 3.82. The molecular formula is C10H9NO2S. The van der Waals surface area contributed by atoms with E-state index in [1.807, 2.05) is 24.3 Å². The maximum atomic E-state index is 10.4. The SMILES string of the molecule is O=C(O)CCc1nsc2ccccc12. The zero-order chi connectivity index (χ0) is 9.97. The number of benzene rings is 1. The summed E-state index contributed by atoms with van der Waals surface area (Å²) in [5.74, 6) is -0.776. The molecule has 0 saturated heterocycles. The number of aromatic nitrogens is 1. The van der Waals surface area contributed by atoms with E-state index in [1.165, 1.54) is 11.5 Å². The van der Waals surface area contributed by atoms with Crippen LogP contribution in [0, 0.1) is 0 Å². The topological polar surface area (TPSA) is 50.2 Å². The molecule has 1 aromatic heterocycles. The molecule has 0 amide bonds. The standard InChI is InChI=1S/C10H9NO2S/c12-10(13)6-5-8-7-3-1-2-4-9(7)14-11-8/h1-4H,5-6H2,(H,12,13). The lowest BCUT2D eigenvalue weighted by Crippen LogP contribution is -1.97. The van der Waals surface area contributed by atoms with Gasteiger partial charge in [-0.05, 0) is 17.6 Å². The van der Waals surface area contributed by atoms with Crippen molar-refractivity contribution in [3.05, 3.63) is 30.0 Å². The molecule has 1 heterocycles. The third-order valence-corrected chi connectivity index (χ3v) is 2.89. The molecule has 0 bridgehead atoms. The van der Waals surface area contributed by atoms with Gasteiger partial charge in [0.2, 0.25) is 0 Å². The van der Waals surface area contributed by atoms with E-state index < -0.39 is 5.97 Å². The number of carbonyl (C=O) groups is 1. The molecule has 1 aromatic carbocycles. The Morgan fingerprint density at radius 2 is 2.21 bits per heavy atom. The van der Waals surface area contributed by atoms with Crippen molar-refractivity contribution in [2.24, 2.45) is 0 Å². The number of nitrogens with zero attached hydrogens (tertiary/aromatic N) is 1. The Hall–Kier alpha value is -1.42. The average Bonchev–Trinajstić information content (AvgIpc) is 2.58. The molecule has 0 fully saturated rings. The van der Waals surface area contributed by atoms with Crippen molar-refractivity contribution in [3.8, 4) is 0 Å². The van der Waals surface area contributed by atoms with E-state index in [0.717, 1.165) is 15.8 Å². The zero-order valence-electron chi connectivity index (χ0n) is 7.43. The van der Waals surface area contributed by atoms with Gasteiger partial charge in [-0.1, -0.05) is 18.2 Å². The highest BCUT2D eigenvalue weighted by Gasteiger charge is 2.06. The number of rotatable bonds is 3. The van der Waals surface area contributed by atoms with Crippen molar-refractivity contribution in [1.29, 1.82) is 0 Å². The van der Waals surface area contributed by atoms with Crippen molar-refractivity contribution in [1.82, 2.24) is 4.37 Å². The van der Waals surface area contributed by atoms with E-state index in [9.17, 15) is 4.79 Å². The Balaban J connectivity index is 2.29. The molecule has 1 N–H and O–H groups in total. The van der Waals surface area contributed by atoms with Crippen LogP contribution in [0.4, 0.5) is 0 Å². The number of carboxylic acid groups (broad SMARTS) is 1. The van der Waals surface area contributed by atoms with E-state index in [2.05, 4.69) is 4.37 Å². The first-order valence-corrected chi connectivity index (χ1v) is 5.10. The van der Waals surface area contributed by atoms with Crippen LogP contribution in [0.1, 0.15) is 12.1 Å². The van der Waals surface area contributed by atoms with E-state index in [0.29, 0.717) is 6.42 Å². The highest BCUT2D eigenvalue weighted by molar-refractivity contribution is 7.13. The van der Waals surface area contributed by atoms with Gasteiger partial charge in [-0.2, -0.15) is 4.37 Å². The zero-order valence-corrected chi connectivity index (χ0v) is 8.25. The minimum absolute atomic E-state index is 0.147. The summed E-state index contributed by atoms with van der Waals surface area (Å²) >= 11 is 1.42.